The third-order valence-electron chi connectivity index (χ3n) is 2.33. The first-order valence-corrected chi connectivity index (χ1v) is 8.63. The molecule has 0 aromatic carbocycles. The molecule has 104 valence electrons. The molecule has 0 bridgehead atoms. The molecule has 1 heterocycles. The second-order valence-electron chi connectivity index (χ2n) is 3.81. The van der Waals surface area contributed by atoms with Crippen molar-refractivity contribution in [3.05, 3.63) is 14.7 Å². The van der Waals surface area contributed by atoms with Crippen molar-refractivity contribution in [1.29, 1.82) is 0 Å². The van der Waals surface area contributed by atoms with Crippen molar-refractivity contribution in [2.45, 2.75) is 17.2 Å². The number of aryl methyl sites for hydroxylation is 1. The molecule has 0 fully saturated rings. The van der Waals surface area contributed by atoms with Gasteiger partial charge in [-0.1, -0.05) is 0 Å². The summed E-state index contributed by atoms with van der Waals surface area (Å²) in [6, 6.07) is 1.62. The minimum atomic E-state index is -3.49. The maximum Gasteiger partial charge on any atom is 0.244 e. The van der Waals surface area contributed by atoms with Gasteiger partial charge in [-0.15, -0.1) is 22.9 Å². The lowest BCUT2D eigenvalue weighted by atomic mass is 10.4. The van der Waals surface area contributed by atoms with E-state index < -0.39 is 10.0 Å². The Morgan fingerprint density at radius 3 is 2.67 bits per heavy atom. The van der Waals surface area contributed by atoms with E-state index >= 15 is 0 Å². The Balaban J connectivity index is 2.90. The second-order valence-corrected chi connectivity index (χ2v) is 9.08. The Morgan fingerprint density at radius 1 is 1.61 bits per heavy atom. The Morgan fingerprint density at radius 2 is 2.22 bits per heavy atom. The molecule has 0 saturated carbocycles. The van der Waals surface area contributed by atoms with Crippen LogP contribution in [0.3, 0.4) is 0 Å². The predicted molar refractivity (Wildman–Crippen MR) is 78.1 cm³/mol. The number of nitrogens with zero attached hydrogens (tertiary/aromatic N) is 1. The van der Waals surface area contributed by atoms with Crippen molar-refractivity contribution in [1.82, 2.24) is 4.31 Å². The lowest BCUT2D eigenvalue weighted by Gasteiger charge is -2.19. The van der Waals surface area contributed by atoms with Crippen molar-refractivity contribution < 1.29 is 13.2 Å². The van der Waals surface area contributed by atoms with E-state index in [-0.39, 0.29) is 11.9 Å². The van der Waals surface area contributed by atoms with Crippen LogP contribution in [0.5, 0.6) is 0 Å². The van der Waals surface area contributed by atoms with Crippen LogP contribution in [-0.2, 0) is 14.8 Å². The van der Waals surface area contributed by atoms with Gasteiger partial charge in [0.25, 0.3) is 0 Å². The van der Waals surface area contributed by atoms with E-state index in [0.717, 1.165) is 8.66 Å². The van der Waals surface area contributed by atoms with Crippen molar-refractivity contribution in [3.63, 3.8) is 0 Å². The quantitative estimate of drug-likeness (QED) is 0.717. The van der Waals surface area contributed by atoms with Crippen LogP contribution >= 0.6 is 38.9 Å². The summed E-state index contributed by atoms with van der Waals surface area (Å²) in [4.78, 5) is 1.08. The zero-order valence-electron chi connectivity index (χ0n) is 10.3. The van der Waals surface area contributed by atoms with Gasteiger partial charge in [-0.2, -0.15) is 4.31 Å². The van der Waals surface area contributed by atoms with Crippen molar-refractivity contribution in [3.8, 4) is 0 Å². The van der Waals surface area contributed by atoms with Crippen molar-refractivity contribution in [2.24, 2.45) is 0 Å². The molecule has 4 nitrogen and oxygen atoms in total. The van der Waals surface area contributed by atoms with Gasteiger partial charge in [-0.05, 0) is 28.9 Å². The fraction of sp³-hybridized carbons (Fsp3) is 0.600. The molecule has 18 heavy (non-hydrogen) atoms. The zero-order chi connectivity index (χ0) is 13.9. The van der Waals surface area contributed by atoms with Gasteiger partial charge in [-0.25, -0.2) is 8.42 Å². The van der Waals surface area contributed by atoms with E-state index in [2.05, 4.69) is 15.9 Å². The first-order chi connectivity index (χ1) is 8.28. The summed E-state index contributed by atoms with van der Waals surface area (Å²) in [5.74, 6) is 0. The highest BCUT2D eigenvalue weighted by atomic mass is 79.9. The number of hydrogen-bond acceptors (Lipinski definition) is 4. The summed E-state index contributed by atoms with van der Waals surface area (Å²) in [5.41, 5.74) is 0. The molecular weight excluding hydrogens is 362 g/mol. The standard InChI is InChI=1S/C10H15BrClNO3S2/c1-7-9(4-10(11)17-7)18(14,15)13(2)5-8(12)6-16-3/h4,8H,5-6H2,1-3H3. The zero-order valence-corrected chi connectivity index (χ0v) is 14.3. The van der Waals surface area contributed by atoms with E-state index in [9.17, 15) is 8.42 Å². The lowest BCUT2D eigenvalue weighted by Crippen LogP contribution is -2.34. The molecule has 8 heteroatoms. The van der Waals surface area contributed by atoms with Crippen LogP contribution in [0.4, 0.5) is 0 Å². The molecular formula is C10H15BrClNO3S2. The molecule has 0 aliphatic carbocycles. The number of halogens is 2. The summed E-state index contributed by atoms with van der Waals surface area (Å²) in [6.45, 7) is 2.31. The summed E-state index contributed by atoms with van der Waals surface area (Å²) in [6.07, 6.45) is 0. The fourth-order valence-electron chi connectivity index (χ4n) is 1.47. The number of rotatable bonds is 6. The highest BCUT2D eigenvalue weighted by Crippen LogP contribution is 2.31. The van der Waals surface area contributed by atoms with Gasteiger partial charge < -0.3 is 4.74 Å². The first-order valence-electron chi connectivity index (χ1n) is 5.14. The molecule has 0 aliphatic heterocycles. The van der Waals surface area contributed by atoms with Gasteiger partial charge in [0.2, 0.25) is 10.0 Å². The van der Waals surface area contributed by atoms with Crippen LogP contribution in [0.1, 0.15) is 4.88 Å². The van der Waals surface area contributed by atoms with Gasteiger partial charge in [-0.3, -0.25) is 0 Å². The topological polar surface area (TPSA) is 46.6 Å². The second kappa shape index (κ2) is 6.67. The largest absolute Gasteiger partial charge is 0.383 e. The van der Waals surface area contributed by atoms with Crippen LogP contribution in [0, 0.1) is 6.92 Å². The molecule has 1 atom stereocenters. The number of thiophene rings is 1. The Labute approximate surface area is 125 Å². The number of alkyl halides is 1. The maximum atomic E-state index is 12.3. The minimum absolute atomic E-state index is 0.213. The molecule has 1 aromatic rings. The van der Waals surface area contributed by atoms with Crippen molar-refractivity contribution in [2.75, 3.05) is 27.3 Å². The molecule has 1 unspecified atom stereocenters. The predicted octanol–water partition coefficient (Wildman–Crippen LogP) is 2.69. The van der Waals surface area contributed by atoms with E-state index in [1.54, 1.807) is 13.0 Å². The van der Waals surface area contributed by atoms with E-state index in [1.807, 2.05) is 0 Å². The van der Waals surface area contributed by atoms with Crippen LogP contribution < -0.4 is 0 Å². The molecule has 0 N–H and O–H groups in total. The van der Waals surface area contributed by atoms with Crippen LogP contribution in [0.15, 0.2) is 14.7 Å². The van der Waals surface area contributed by atoms with Gasteiger partial charge in [0.1, 0.15) is 0 Å². The number of ether oxygens (including phenoxy) is 1. The Hall–Kier alpha value is 0.340. The summed E-state index contributed by atoms with van der Waals surface area (Å²) >= 11 is 10.7. The smallest absolute Gasteiger partial charge is 0.244 e. The summed E-state index contributed by atoms with van der Waals surface area (Å²) in [5, 5.41) is -0.364. The number of methoxy groups -OCH3 is 1. The first kappa shape index (κ1) is 16.4. The van der Waals surface area contributed by atoms with Gasteiger partial charge in [0.15, 0.2) is 0 Å². The SMILES string of the molecule is COCC(Cl)CN(C)S(=O)(=O)c1cc(Br)sc1C. The average Bonchev–Trinajstić information content (AvgIpc) is 2.58. The normalized spacial score (nSPS) is 14.1. The molecule has 1 rings (SSSR count). The maximum absolute atomic E-state index is 12.3. The van der Waals surface area contributed by atoms with Gasteiger partial charge in [0, 0.05) is 25.6 Å². The monoisotopic (exact) mass is 375 g/mol. The highest BCUT2D eigenvalue weighted by Gasteiger charge is 2.26. The molecule has 0 radical (unpaired) electrons. The van der Waals surface area contributed by atoms with Crippen molar-refractivity contribution >= 4 is 48.9 Å². The Bertz CT molecular complexity index is 503. The Kier molecular flexibility index (Phi) is 6.08. The highest BCUT2D eigenvalue weighted by molar-refractivity contribution is 9.11. The van der Waals surface area contributed by atoms with Crippen LogP contribution in [0.2, 0.25) is 0 Å². The van der Waals surface area contributed by atoms with E-state index in [4.69, 9.17) is 16.3 Å². The molecule has 0 amide bonds. The van der Waals surface area contributed by atoms with E-state index in [1.165, 1.54) is 29.8 Å². The van der Waals surface area contributed by atoms with Gasteiger partial charge >= 0.3 is 0 Å². The fourth-order valence-corrected chi connectivity index (χ4v) is 5.48. The lowest BCUT2D eigenvalue weighted by molar-refractivity contribution is 0.192. The molecule has 0 spiro atoms. The average molecular weight is 377 g/mol. The summed E-state index contributed by atoms with van der Waals surface area (Å²) in [7, 11) is -0.437. The van der Waals surface area contributed by atoms with Crippen LogP contribution in [0.25, 0.3) is 0 Å². The number of sulfonamides is 1. The summed E-state index contributed by atoms with van der Waals surface area (Å²) < 4.78 is 31.6. The minimum Gasteiger partial charge on any atom is -0.383 e. The third-order valence-corrected chi connectivity index (χ3v) is 6.23. The third kappa shape index (κ3) is 3.91. The van der Waals surface area contributed by atoms with E-state index in [0.29, 0.717) is 11.5 Å². The molecule has 0 aliphatic rings. The number of hydrogen-bond donors (Lipinski definition) is 0. The van der Waals surface area contributed by atoms with Gasteiger partial charge in [0.05, 0.1) is 20.7 Å². The molecule has 0 saturated heterocycles. The molecule has 1 aromatic heterocycles. The van der Waals surface area contributed by atoms with Crippen LogP contribution in [-0.4, -0.2) is 45.4 Å².